The molecule has 0 aliphatic carbocycles. The van der Waals surface area contributed by atoms with Crippen molar-refractivity contribution in [3.63, 3.8) is 0 Å². The van der Waals surface area contributed by atoms with Crippen LogP contribution in [0.15, 0.2) is 35.4 Å². The lowest BCUT2D eigenvalue weighted by Gasteiger charge is -2.24. The lowest BCUT2D eigenvalue weighted by atomic mass is 10.1. The highest BCUT2D eigenvalue weighted by molar-refractivity contribution is 7.89. The van der Waals surface area contributed by atoms with Gasteiger partial charge in [0, 0.05) is 24.3 Å². The van der Waals surface area contributed by atoms with Crippen LogP contribution in [0.3, 0.4) is 0 Å². The molecule has 1 saturated heterocycles. The van der Waals surface area contributed by atoms with E-state index >= 15 is 0 Å². The molecule has 4 N–H and O–H groups in total. The first-order chi connectivity index (χ1) is 17.1. The second kappa shape index (κ2) is 10.5. The van der Waals surface area contributed by atoms with E-state index in [-0.39, 0.29) is 15.8 Å². The Balaban J connectivity index is 1.64. The summed E-state index contributed by atoms with van der Waals surface area (Å²) in [6, 6.07) is 5.82. The second-order valence-electron chi connectivity index (χ2n) is 8.64. The van der Waals surface area contributed by atoms with Gasteiger partial charge in [0.2, 0.25) is 10.0 Å². The minimum atomic E-state index is -3.85. The van der Waals surface area contributed by atoms with Crippen LogP contribution in [0.5, 0.6) is 5.75 Å². The molecule has 1 aromatic carbocycles. The van der Waals surface area contributed by atoms with E-state index in [4.69, 9.17) is 15.6 Å². The normalized spacial score (nSPS) is 17.2. The zero-order valence-electron chi connectivity index (χ0n) is 20.1. The summed E-state index contributed by atoms with van der Waals surface area (Å²) in [4.78, 5) is 24.6. The number of nitrogens with two attached hydrogens (primary N) is 1. The van der Waals surface area contributed by atoms with E-state index in [2.05, 4.69) is 20.3 Å². The SMILES string of the molecule is COc1ccc(S(=O)(=O)N2CCCC2c2nc(C)cc(Nc3ncc(C(=O)O)s3)n2)cc1CC(C)N. The molecule has 36 heavy (non-hydrogen) atoms. The van der Waals surface area contributed by atoms with Gasteiger partial charge in [0.25, 0.3) is 0 Å². The Bertz CT molecular complexity index is 1380. The molecular formula is C23H28N6O5S2. The first-order valence-electron chi connectivity index (χ1n) is 11.3. The van der Waals surface area contributed by atoms with Gasteiger partial charge in [-0.2, -0.15) is 4.31 Å². The standard InChI is InChI=1S/C23H28N6O5S2/c1-13(24)9-15-11-16(6-7-18(15)34-3)36(32,33)29-8-4-5-17(29)21-26-14(2)10-20(27-21)28-23-25-12-19(35-23)22(30)31/h6-7,10-13,17H,4-5,8-9,24H2,1-3H3,(H,30,31)(H,25,26,27,28). The van der Waals surface area contributed by atoms with Crippen molar-refractivity contribution in [2.24, 2.45) is 5.73 Å². The van der Waals surface area contributed by atoms with Crippen molar-refractivity contribution in [1.82, 2.24) is 19.3 Å². The number of rotatable bonds is 9. The number of nitrogens with one attached hydrogen (secondary N) is 1. The maximum absolute atomic E-state index is 13.7. The molecule has 11 nitrogen and oxygen atoms in total. The number of hydrogen-bond donors (Lipinski definition) is 3. The molecule has 13 heteroatoms. The van der Waals surface area contributed by atoms with Gasteiger partial charge in [-0.3, -0.25) is 0 Å². The Morgan fingerprint density at radius 2 is 2.14 bits per heavy atom. The second-order valence-corrected chi connectivity index (χ2v) is 11.6. The van der Waals surface area contributed by atoms with E-state index in [1.54, 1.807) is 38.3 Å². The van der Waals surface area contributed by atoms with E-state index in [1.807, 2.05) is 6.92 Å². The molecule has 0 saturated carbocycles. The van der Waals surface area contributed by atoms with Crippen molar-refractivity contribution in [2.75, 3.05) is 19.0 Å². The summed E-state index contributed by atoms with van der Waals surface area (Å²) in [7, 11) is -2.31. The van der Waals surface area contributed by atoms with Crippen LogP contribution in [0.1, 0.15) is 52.6 Å². The maximum atomic E-state index is 13.7. The number of carboxylic acid groups (broad SMARTS) is 1. The topological polar surface area (TPSA) is 161 Å². The third-order valence-corrected chi connectivity index (χ3v) is 8.53. The lowest BCUT2D eigenvalue weighted by molar-refractivity contribution is 0.0702. The van der Waals surface area contributed by atoms with Crippen LogP contribution in [0, 0.1) is 6.92 Å². The number of methoxy groups -OCH3 is 1. The molecule has 0 amide bonds. The fourth-order valence-electron chi connectivity index (χ4n) is 4.19. The lowest BCUT2D eigenvalue weighted by Crippen LogP contribution is -2.32. The fraction of sp³-hybridized carbons (Fsp3) is 0.391. The van der Waals surface area contributed by atoms with Gasteiger partial charge in [-0.25, -0.2) is 28.2 Å². The van der Waals surface area contributed by atoms with E-state index in [0.29, 0.717) is 54.0 Å². The minimum absolute atomic E-state index is 0.0967. The van der Waals surface area contributed by atoms with Crippen LogP contribution < -0.4 is 15.8 Å². The van der Waals surface area contributed by atoms with E-state index < -0.39 is 22.0 Å². The molecule has 2 atom stereocenters. The third kappa shape index (κ3) is 5.48. The number of aryl methyl sites for hydroxylation is 1. The van der Waals surface area contributed by atoms with Crippen LogP contribution >= 0.6 is 11.3 Å². The van der Waals surface area contributed by atoms with Crippen molar-refractivity contribution >= 4 is 38.3 Å². The average molecular weight is 533 g/mol. The summed E-state index contributed by atoms with van der Waals surface area (Å²) in [6.07, 6.45) is 2.99. The number of sulfonamides is 1. The van der Waals surface area contributed by atoms with Gasteiger partial charge >= 0.3 is 5.97 Å². The van der Waals surface area contributed by atoms with Crippen molar-refractivity contribution in [2.45, 2.75) is 50.1 Å². The summed E-state index contributed by atoms with van der Waals surface area (Å²) in [5.74, 6) is 0.319. The maximum Gasteiger partial charge on any atom is 0.347 e. The molecule has 3 aromatic rings. The average Bonchev–Trinajstić information content (AvgIpc) is 3.48. The molecular weight excluding hydrogens is 504 g/mol. The van der Waals surface area contributed by atoms with Crippen LogP contribution in [0.4, 0.5) is 10.9 Å². The van der Waals surface area contributed by atoms with Gasteiger partial charge in [0.05, 0.1) is 24.2 Å². The summed E-state index contributed by atoms with van der Waals surface area (Å²) < 4.78 is 34.2. The number of aromatic nitrogens is 3. The summed E-state index contributed by atoms with van der Waals surface area (Å²) in [5.41, 5.74) is 7.33. The number of thiazole rings is 1. The number of carbonyl (C=O) groups is 1. The molecule has 192 valence electrons. The van der Waals surface area contributed by atoms with Crippen molar-refractivity contribution in [3.8, 4) is 5.75 Å². The van der Waals surface area contributed by atoms with Crippen LogP contribution in [0.2, 0.25) is 0 Å². The van der Waals surface area contributed by atoms with Crippen molar-refractivity contribution in [3.05, 3.63) is 52.4 Å². The van der Waals surface area contributed by atoms with Gasteiger partial charge < -0.3 is 20.9 Å². The number of aromatic carboxylic acids is 1. The Morgan fingerprint density at radius 3 is 2.81 bits per heavy atom. The van der Waals surface area contributed by atoms with E-state index in [9.17, 15) is 13.2 Å². The van der Waals surface area contributed by atoms with E-state index in [0.717, 1.165) is 16.9 Å². The summed E-state index contributed by atoms with van der Waals surface area (Å²) in [5, 5.41) is 12.5. The highest BCUT2D eigenvalue weighted by Gasteiger charge is 2.38. The Kier molecular flexibility index (Phi) is 7.54. The highest BCUT2D eigenvalue weighted by Crippen LogP contribution is 2.37. The first-order valence-corrected chi connectivity index (χ1v) is 13.6. The summed E-state index contributed by atoms with van der Waals surface area (Å²) >= 11 is 0.983. The van der Waals surface area contributed by atoms with Crippen LogP contribution in [-0.4, -0.2) is 58.4 Å². The number of ether oxygens (including phenoxy) is 1. The third-order valence-electron chi connectivity index (χ3n) is 5.73. The predicted molar refractivity (Wildman–Crippen MR) is 135 cm³/mol. The molecule has 1 aliphatic heterocycles. The Hall–Kier alpha value is -3.13. The smallest absolute Gasteiger partial charge is 0.347 e. The number of carboxylic acids is 1. The predicted octanol–water partition coefficient (Wildman–Crippen LogP) is 3.11. The van der Waals surface area contributed by atoms with Gasteiger partial charge in [-0.15, -0.1) is 0 Å². The molecule has 2 unspecified atom stereocenters. The summed E-state index contributed by atoms with van der Waals surface area (Å²) in [6.45, 7) is 3.99. The minimum Gasteiger partial charge on any atom is -0.496 e. The largest absolute Gasteiger partial charge is 0.496 e. The van der Waals surface area contributed by atoms with Crippen molar-refractivity contribution in [1.29, 1.82) is 0 Å². The molecule has 2 aromatic heterocycles. The van der Waals surface area contributed by atoms with Crippen LogP contribution in [-0.2, 0) is 16.4 Å². The van der Waals surface area contributed by atoms with Gasteiger partial charge in [-0.05, 0) is 56.9 Å². The molecule has 3 heterocycles. The highest BCUT2D eigenvalue weighted by atomic mass is 32.2. The zero-order valence-corrected chi connectivity index (χ0v) is 21.8. The Labute approximate surface area is 213 Å². The number of nitrogens with zero attached hydrogens (tertiary/aromatic N) is 4. The van der Waals surface area contributed by atoms with Gasteiger partial charge in [-0.1, -0.05) is 11.3 Å². The first kappa shape index (κ1) is 25.9. The molecule has 0 radical (unpaired) electrons. The van der Waals surface area contributed by atoms with Gasteiger partial charge in [0.1, 0.15) is 22.3 Å². The number of hydrogen-bond acceptors (Lipinski definition) is 10. The van der Waals surface area contributed by atoms with Gasteiger partial charge in [0.15, 0.2) is 5.13 Å². The molecule has 0 bridgehead atoms. The molecule has 1 fully saturated rings. The van der Waals surface area contributed by atoms with Crippen LogP contribution in [0.25, 0.3) is 0 Å². The zero-order chi connectivity index (χ0) is 26.0. The fourth-order valence-corrected chi connectivity index (χ4v) is 6.56. The Morgan fingerprint density at radius 1 is 1.36 bits per heavy atom. The van der Waals surface area contributed by atoms with Crippen molar-refractivity contribution < 1.29 is 23.1 Å². The molecule has 0 spiro atoms. The van der Waals surface area contributed by atoms with E-state index in [1.165, 1.54) is 10.5 Å². The molecule has 1 aliphatic rings. The number of benzene rings is 1. The monoisotopic (exact) mass is 532 g/mol. The molecule has 4 rings (SSSR count). The number of anilines is 2. The quantitative estimate of drug-likeness (QED) is 0.373.